The van der Waals surface area contributed by atoms with E-state index < -0.39 is 11.5 Å². The molecule has 1 aromatic heterocycles. The van der Waals surface area contributed by atoms with E-state index in [1.165, 1.54) is 6.20 Å². The van der Waals surface area contributed by atoms with Crippen molar-refractivity contribution in [3.05, 3.63) is 28.8 Å². The Balaban J connectivity index is 1.97. The number of aromatic nitrogens is 1. The molecule has 2 heterocycles. The first-order valence-electron chi connectivity index (χ1n) is 7.05. The number of carbonyl (C=O) groups is 1. The molecule has 0 radical (unpaired) electrons. The summed E-state index contributed by atoms with van der Waals surface area (Å²) in [5, 5.41) is 0.431. The number of rotatable bonds is 1. The zero-order chi connectivity index (χ0) is 15.6. The molecule has 1 aliphatic rings. The van der Waals surface area contributed by atoms with E-state index >= 15 is 0 Å². The van der Waals surface area contributed by atoms with Crippen LogP contribution in [0.3, 0.4) is 0 Å². The van der Waals surface area contributed by atoms with Crippen LogP contribution in [0.1, 0.15) is 45.1 Å². The number of piperidine rings is 1. The smallest absolute Gasteiger partial charge is 0.410 e. The average molecular weight is 315 g/mol. The molecule has 2 rings (SSSR count). The van der Waals surface area contributed by atoms with E-state index in [1.807, 2.05) is 20.8 Å². The molecule has 1 saturated heterocycles. The van der Waals surface area contributed by atoms with Gasteiger partial charge in [-0.15, -0.1) is 0 Å². The van der Waals surface area contributed by atoms with Gasteiger partial charge in [0.1, 0.15) is 5.60 Å². The van der Waals surface area contributed by atoms with Crippen molar-refractivity contribution in [1.29, 1.82) is 0 Å². The van der Waals surface area contributed by atoms with Crippen molar-refractivity contribution in [3.63, 3.8) is 0 Å². The predicted octanol–water partition coefficient (Wildman–Crippen LogP) is 3.99. The van der Waals surface area contributed by atoms with E-state index in [-0.39, 0.29) is 12.0 Å². The fraction of sp³-hybridized carbons (Fsp3) is 0.600. The van der Waals surface area contributed by atoms with Crippen LogP contribution < -0.4 is 0 Å². The van der Waals surface area contributed by atoms with Gasteiger partial charge in [-0.25, -0.2) is 9.78 Å². The average Bonchev–Trinajstić information content (AvgIpc) is 2.40. The van der Waals surface area contributed by atoms with Gasteiger partial charge in [0.2, 0.25) is 5.95 Å². The van der Waals surface area contributed by atoms with Gasteiger partial charge in [-0.1, -0.05) is 11.6 Å². The molecule has 6 heteroatoms. The largest absolute Gasteiger partial charge is 0.444 e. The Kier molecular flexibility index (Phi) is 4.71. The van der Waals surface area contributed by atoms with Crippen LogP contribution in [0.15, 0.2) is 12.3 Å². The van der Waals surface area contributed by atoms with Gasteiger partial charge >= 0.3 is 6.09 Å². The number of nitrogens with zero attached hydrogens (tertiary/aromatic N) is 2. The Hall–Kier alpha value is -1.36. The van der Waals surface area contributed by atoms with Crippen LogP contribution in [0, 0.1) is 5.95 Å². The topological polar surface area (TPSA) is 42.4 Å². The summed E-state index contributed by atoms with van der Waals surface area (Å²) in [7, 11) is 0. The highest BCUT2D eigenvalue weighted by Gasteiger charge is 2.28. The predicted molar refractivity (Wildman–Crippen MR) is 79.0 cm³/mol. The van der Waals surface area contributed by atoms with Crippen LogP contribution in [-0.2, 0) is 4.74 Å². The molecule has 116 valence electrons. The van der Waals surface area contributed by atoms with Crippen molar-refractivity contribution in [2.45, 2.75) is 45.1 Å². The van der Waals surface area contributed by atoms with Gasteiger partial charge in [-0.2, -0.15) is 4.39 Å². The van der Waals surface area contributed by atoms with E-state index in [4.69, 9.17) is 16.3 Å². The molecule has 1 aliphatic heterocycles. The second-order valence-electron chi connectivity index (χ2n) is 6.28. The molecule has 0 aromatic carbocycles. The zero-order valence-electron chi connectivity index (χ0n) is 12.5. The lowest BCUT2D eigenvalue weighted by Crippen LogP contribution is -2.41. The fourth-order valence-electron chi connectivity index (χ4n) is 2.42. The molecule has 0 bridgehead atoms. The summed E-state index contributed by atoms with van der Waals surface area (Å²) < 4.78 is 19.1. The Labute approximate surface area is 129 Å². The molecule has 0 spiro atoms. The number of pyridine rings is 1. The third-order valence-electron chi connectivity index (χ3n) is 3.42. The maximum absolute atomic E-state index is 13.8. The molecular formula is C15H20ClFN2O2. The lowest BCUT2D eigenvalue weighted by molar-refractivity contribution is 0.0204. The number of amides is 1. The molecule has 4 nitrogen and oxygen atoms in total. The van der Waals surface area contributed by atoms with Crippen molar-refractivity contribution in [3.8, 4) is 0 Å². The van der Waals surface area contributed by atoms with Crippen LogP contribution in [0.25, 0.3) is 0 Å². The number of ether oxygens (including phenoxy) is 1. The number of likely N-dealkylation sites (tertiary alicyclic amines) is 1. The quantitative estimate of drug-likeness (QED) is 0.736. The minimum absolute atomic E-state index is 0.0369. The third kappa shape index (κ3) is 4.30. The summed E-state index contributed by atoms with van der Waals surface area (Å²) in [6.07, 6.45) is 2.35. The summed E-state index contributed by atoms with van der Waals surface area (Å²) in [5.41, 5.74) is 0.0306. The van der Waals surface area contributed by atoms with Crippen molar-refractivity contribution in [2.75, 3.05) is 13.1 Å². The standard InChI is InChI=1S/C15H20ClFN2O2/c1-15(2,3)21-14(20)19-6-4-10(5-7-19)12-8-11(16)9-18-13(12)17/h8-10H,4-7H2,1-3H3. The third-order valence-corrected chi connectivity index (χ3v) is 3.63. The summed E-state index contributed by atoms with van der Waals surface area (Å²) >= 11 is 5.87. The lowest BCUT2D eigenvalue weighted by Gasteiger charge is -2.33. The summed E-state index contributed by atoms with van der Waals surface area (Å²) in [5.74, 6) is -0.440. The Bertz CT molecular complexity index is 523. The second kappa shape index (κ2) is 6.18. The number of hydrogen-bond donors (Lipinski definition) is 0. The molecule has 0 unspecified atom stereocenters. The molecule has 0 saturated carbocycles. The first-order chi connectivity index (χ1) is 9.76. The maximum Gasteiger partial charge on any atom is 0.410 e. The minimum atomic E-state index is -0.503. The van der Waals surface area contributed by atoms with Crippen LogP contribution in [0.5, 0.6) is 0 Å². The lowest BCUT2D eigenvalue weighted by atomic mass is 9.90. The highest BCUT2D eigenvalue weighted by Crippen LogP contribution is 2.31. The van der Waals surface area contributed by atoms with Crippen molar-refractivity contribution in [2.24, 2.45) is 0 Å². The summed E-state index contributed by atoms with van der Waals surface area (Å²) in [6.45, 7) is 6.61. The second-order valence-corrected chi connectivity index (χ2v) is 6.71. The van der Waals surface area contributed by atoms with Gasteiger partial charge < -0.3 is 9.64 Å². The number of halogens is 2. The molecule has 0 N–H and O–H groups in total. The number of hydrogen-bond acceptors (Lipinski definition) is 3. The van der Waals surface area contributed by atoms with E-state index in [2.05, 4.69) is 4.98 Å². The molecule has 1 aromatic rings. The van der Waals surface area contributed by atoms with Crippen LogP contribution in [-0.4, -0.2) is 34.7 Å². The molecule has 1 amide bonds. The van der Waals surface area contributed by atoms with Crippen LogP contribution in [0.2, 0.25) is 5.02 Å². The van der Waals surface area contributed by atoms with Crippen LogP contribution >= 0.6 is 11.6 Å². The van der Waals surface area contributed by atoms with E-state index in [1.54, 1.807) is 11.0 Å². The molecule has 0 aliphatic carbocycles. The Morgan fingerprint density at radius 2 is 2.05 bits per heavy atom. The highest BCUT2D eigenvalue weighted by atomic mass is 35.5. The van der Waals surface area contributed by atoms with Crippen molar-refractivity contribution >= 4 is 17.7 Å². The first kappa shape index (κ1) is 16.0. The molecule has 21 heavy (non-hydrogen) atoms. The Morgan fingerprint density at radius 1 is 1.43 bits per heavy atom. The molecule has 1 fully saturated rings. The Morgan fingerprint density at radius 3 is 2.62 bits per heavy atom. The molecular weight excluding hydrogens is 295 g/mol. The molecule has 0 atom stereocenters. The summed E-state index contributed by atoms with van der Waals surface area (Å²) in [4.78, 5) is 17.3. The number of carbonyl (C=O) groups excluding carboxylic acids is 1. The summed E-state index contributed by atoms with van der Waals surface area (Å²) in [6, 6.07) is 1.62. The van der Waals surface area contributed by atoms with E-state index in [0.29, 0.717) is 36.5 Å². The van der Waals surface area contributed by atoms with Crippen molar-refractivity contribution < 1.29 is 13.9 Å². The fourth-order valence-corrected chi connectivity index (χ4v) is 2.59. The van der Waals surface area contributed by atoms with Gasteiger partial charge in [0.25, 0.3) is 0 Å². The highest BCUT2D eigenvalue weighted by molar-refractivity contribution is 6.30. The zero-order valence-corrected chi connectivity index (χ0v) is 13.3. The van der Waals surface area contributed by atoms with Crippen molar-refractivity contribution in [1.82, 2.24) is 9.88 Å². The van der Waals surface area contributed by atoms with E-state index in [9.17, 15) is 9.18 Å². The van der Waals surface area contributed by atoms with Gasteiger partial charge in [0.15, 0.2) is 0 Å². The van der Waals surface area contributed by atoms with Gasteiger partial charge in [0.05, 0.1) is 5.02 Å². The maximum atomic E-state index is 13.8. The normalized spacial score (nSPS) is 16.9. The minimum Gasteiger partial charge on any atom is -0.444 e. The first-order valence-corrected chi connectivity index (χ1v) is 7.43. The van der Waals surface area contributed by atoms with Gasteiger partial charge in [-0.3, -0.25) is 0 Å². The van der Waals surface area contributed by atoms with E-state index in [0.717, 1.165) is 0 Å². The van der Waals surface area contributed by atoms with Gasteiger partial charge in [-0.05, 0) is 45.6 Å². The SMILES string of the molecule is CC(C)(C)OC(=O)N1CCC(c2cc(Cl)cnc2F)CC1. The monoisotopic (exact) mass is 314 g/mol. The van der Waals surface area contributed by atoms with Crippen LogP contribution in [0.4, 0.5) is 9.18 Å². The van der Waals surface area contributed by atoms with Gasteiger partial charge in [0, 0.05) is 24.8 Å².